The molecule has 0 heterocycles. The minimum absolute atomic E-state index is 0.0393. The van der Waals surface area contributed by atoms with Gasteiger partial charge in [0.2, 0.25) is 0 Å². The van der Waals surface area contributed by atoms with Crippen LogP contribution in [0.15, 0.2) is 47.1 Å². The molecule has 0 aliphatic heterocycles. The molecular weight excluding hydrogens is 316 g/mol. The molecule has 0 aromatic heterocycles. The van der Waals surface area contributed by atoms with E-state index in [2.05, 4.69) is 38.1 Å². The van der Waals surface area contributed by atoms with Gasteiger partial charge in [0.1, 0.15) is 0 Å². The number of aryl methyl sites for hydroxylation is 1. The number of hydrogen-bond donors (Lipinski definition) is 0. The van der Waals surface area contributed by atoms with Gasteiger partial charge in [0.15, 0.2) is 5.78 Å². The smallest absolute Gasteiger partial charge is 0.163 e. The zero-order valence-electron chi connectivity index (χ0n) is 16.2. The van der Waals surface area contributed by atoms with E-state index in [4.69, 9.17) is 0 Å². The number of allylic oxidation sites excluding steroid dienone is 4. The van der Waals surface area contributed by atoms with Gasteiger partial charge in [-0.1, -0.05) is 48.7 Å². The predicted molar refractivity (Wildman–Crippen MR) is 106 cm³/mol. The van der Waals surface area contributed by atoms with Crippen molar-refractivity contribution < 1.29 is 4.79 Å². The maximum Gasteiger partial charge on any atom is 0.163 e. The highest BCUT2D eigenvalue weighted by Gasteiger charge is 2.49. The van der Waals surface area contributed by atoms with E-state index in [1.807, 2.05) is 6.08 Å². The number of hydrogen-bond acceptors (Lipinski definition) is 1. The molecule has 4 atom stereocenters. The molecular formula is C25H30O. The summed E-state index contributed by atoms with van der Waals surface area (Å²) in [5.41, 5.74) is 7.77. The Bertz CT molecular complexity index is 809. The molecule has 1 aromatic rings. The van der Waals surface area contributed by atoms with Crippen LogP contribution in [0.3, 0.4) is 0 Å². The van der Waals surface area contributed by atoms with Gasteiger partial charge in [0.25, 0.3) is 0 Å². The topological polar surface area (TPSA) is 17.1 Å². The highest BCUT2D eigenvalue weighted by molar-refractivity contribution is 5.98. The number of carbonyl (C=O) groups is 1. The van der Waals surface area contributed by atoms with Crippen molar-refractivity contribution in [2.24, 2.45) is 17.3 Å². The molecule has 2 fully saturated rings. The molecule has 0 saturated heterocycles. The molecule has 0 spiro atoms. The lowest BCUT2D eigenvalue weighted by atomic mass is 9.57. The molecule has 0 bridgehead atoms. The summed E-state index contributed by atoms with van der Waals surface area (Å²) in [6, 6.07) is 8.62. The van der Waals surface area contributed by atoms with Gasteiger partial charge in [-0.25, -0.2) is 0 Å². The van der Waals surface area contributed by atoms with Crippen LogP contribution in [0.2, 0.25) is 0 Å². The molecule has 1 aromatic carbocycles. The molecule has 2 saturated carbocycles. The SMILES string of the molecule is Cc1ccc(C2CC3=C4CC[C@]5(C)CCC[C@H]5[C@@H]4CCC3=CC2=O)cc1. The van der Waals surface area contributed by atoms with Gasteiger partial charge in [0.05, 0.1) is 5.92 Å². The largest absolute Gasteiger partial charge is 0.294 e. The van der Waals surface area contributed by atoms with Gasteiger partial charge >= 0.3 is 0 Å². The first kappa shape index (κ1) is 16.5. The highest BCUT2D eigenvalue weighted by atomic mass is 16.1. The van der Waals surface area contributed by atoms with Crippen molar-refractivity contribution in [3.63, 3.8) is 0 Å². The second-order valence-corrected chi connectivity index (χ2v) is 9.54. The fraction of sp³-hybridized carbons (Fsp3) is 0.560. The van der Waals surface area contributed by atoms with Crippen molar-refractivity contribution in [3.05, 3.63) is 58.2 Å². The highest BCUT2D eigenvalue weighted by Crippen LogP contribution is 2.60. The molecule has 0 radical (unpaired) electrons. The first-order valence-electron chi connectivity index (χ1n) is 10.6. The molecule has 1 heteroatoms. The number of ketones is 1. The number of benzene rings is 1. The number of rotatable bonds is 1. The quantitative estimate of drug-likeness (QED) is 0.584. The van der Waals surface area contributed by atoms with E-state index in [1.165, 1.54) is 55.2 Å². The molecule has 26 heavy (non-hydrogen) atoms. The van der Waals surface area contributed by atoms with Crippen LogP contribution in [0.25, 0.3) is 0 Å². The summed E-state index contributed by atoms with van der Waals surface area (Å²) in [6.45, 7) is 4.67. The maximum absolute atomic E-state index is 12.8. The molecule has 136 valence electrons. The van der Waals surface area contributed by atoms with Gasteiger partial charge in [0, 0.05) is 0 Å². The second kappa shape index (κ2) is 5.94. The lowest BCUT2D eigenvalue weighted by Gasteiger charge is -2.47. The molecule has 4 aliphatic carbocycles. The molecule has 5 rings (SSSR count). The van der Waals surface area contributed by atoms with Crippen molar-refractivity contribution in [1.82, 2.24) is 0 Å². The Morgan fingerprint density at radius 3 is 2.65 bits per heavy atom. The lowest BCUT2D eigenvalue weighted by Crippen LogP contribution is -2.37. The first-order chi connectivity index (χ1) is 12.5. The van der Waals surface area contributed by atoms with Crippen LogP contribution in [-0.4, -0.2) is 5.78 Å². The van der Waals surface area contributed by atoms with Crippen molar-refractivity contribution in [2.75, 3.05) is 0 Å². The summed E-state index contributed by atoms with van der Waals surface area (Å²) >= 11 is 0. The molecule has 1 unspecified atom stereocenters. The van der Waals surface area contributed by atoms with E-state index in [9.17, 15) is 4.79 Å². The van der Waals surface area contributed by atoms with Gasteiger partial charge in [-0.05, 0) is 91.9 Å². The normalized spacial score (nSPS) is 36.3. The van der Waals surface area contributed by atoms with E-state index in [0.717, 1.165) is 24.7 Å². The minimum atomic E-state index is 0.0393. The average Bonchev–Trinajstić information content (AvgIpc) is 3.03. The zero-order chi connectivity index (χ0) is 17.9. The third kappa shape index (κ3) is 2.47. The summed E-state index contributed by atoms with van der Waals surface area (Å²) in [5, 5.41) is 0. The van der Waals surface area contributed by atoms with E-state index in [0.29, 0.717) is 11.2 Å². The predicted octanol–water partition coefficient (Wildman–Crippen LogP) is 6.28. The van der Waals surface area contributed by atoms with E-state index in [1.54, 1.807) is 11.1 Å². The summed E-state index contributed by atoms with van der Waals surface area (Å²) in [6.07, 6.45) is 12.3. The van der Waals surface area contributed by atoms with Crippen LogP contribution in [0.1, 0.15) is 75.3 Å². The molecule has 0 amide bonds. The zero-order valence-corrected chi connectivity index (χ0v) is 16.2. The Labute approximate surface area is 157 Å². The summed E-state index contributed by atoms with van der Waals surface area (Å²) in [5.74, 6) is 2.07. The fourth-order valence-corrected chi connectivity index (χ4v) is 6.60. The Balaban J connectivity index is 1.53. The molecule has 1 nitrogen and oxygen atoms in total. The first-order valence-corrected chi connectivity index (χ1v) is 10.6. The summed E-state index contributed by atoms with van der Waals surface area (Å²) in [4.78, 5) is 12.8. The van der Waals surface area contributed by atoms with Gasteiger partial charge in [-0.3, -0.25) is 4.79 Å². The molecule has 0 N–H and O–H groups in total. The van der Waals surface area contributed by atoms with Gasteiger partial charge in [-0.2, -0.15) is 0 Å². The van der Waals surface area contributed by atoms with Crippen LogP contribution < -0.4 is 0 Å². The standard InChI is InChI=1S/C25H30O/c1-16-5-7-17(8-6-16)22-15-21-18(14-24(22)26)9-10-20-19(21)11-13-25(2)12-3-4-23(20)25/h5-8,14,20,22-23H,3-4,9-13,15H2,1-2H3/t20-,22?,23+,25+/m1/s1. The Hall–Kier alpha value is -1.63. The minimum Gasteiger partial charge on any atom is -0.294 e. The van der Waals surface area contributed by atoms with Crippen LogP contribution in [-0.2, 0) is 4.79 Å². The van der Waals surface area contributed by atoms with Crippen LogP contribution in [0.5, 0.6) is 0 Å². The van der Waals surface area contributed by atoms with E-state index < -0.39 is 0 Å². The monoisotopic (exact) mass is 346 g/mol. The van der Waals surface area contributed by atoms with Crippen molar-refractivity contribution in [3.8, 4) is 0 Å². The summed E-state index contributed by atoms with van der Waals surface area (Å²) < 4.78 is 0. The van der Waals surface area contributed by atoms with Crippen LogP contribution in [0.4, 0.5) is 0 Å². The third-order valence-electron chi connectivity index (χ3n) is 8.10. The Morgan fingerprint density at radius 2 is 1.85 bits per heavy atom. The van der Waals surface area contributed by atoms with Crippen molar-refractivity contribution in [1.29, 1.82) is 0 Å². The van der Waals surface area contributed by atoms with Gasteiger partial charge in [-0.15, -0.1) is 0 Å². The van der Waals surface area contributed by atoms with E-state index >= 15 is 0 Å². The molecule has 4 aliphatic rings. The fourth-order valence-electron chi connectivity index (χ4n) is 6.60. The van der Waals surface area contributed by atoms with Crippen molar-refractivity contribution >= 4 is 5.78 Å². The van der Waals surface area contributed by atoms with Crippen LogP contribution in [0, 0.1) is 24.2 Å². The Morgan fingerprint density at radius 1 is 1.04 bits per heavy atom. The number of carbonyl (C=O) groups excluding carboxylic acids is 1. The number of fused-ring (bicyclic) bond motifs is 4. The van der Waals surface area contributed by atoms with Crippen molar-refractivity contribution in [2.45, 2.75) is 71.1 Å². The van der Waals surface area contributed by atoms with Crippen LogP contribution >= 0.6 is 0 Å². The average molecular weight is 347 g/mol. The Kier molecular flexibility index (Phi) is 3.78. The van der Waals surface area contributed by atoms with E-state index in [-0.39, 0.29) is 5.92 Å². The van der Waals surface area contributed by atoms with Gasteiger partial charge < -0.3 is 0 Å². The summed E-state index contributed by atoms with van der Waals surface area (Å²) in [7, 11) is 0. The maximum atomic E-state index is 12.8. The lowest BCUT2D eigenvalue weighted by molar-refractivity contribution is -0.116. The third-order valence-corrected chi connectivity index (χ3v) is 8.10. The second-order valence-electron chi connectivity index (χ2n) is 9.54.